The molecule has 17 heavy (non-hydrogen) atoms. The largest absolute Gasteiger partial charge is 0.396 e. The maximum Gasteiger partial charge on any atom is 0.195 e. The molecule has 1 rings (SSSR count). The number of nitrogens with zero attached hydrogens (tertiary/aromatic N) is 1. The van der Waals surface area contributed by atoms with E-state index in [1.807, 2.05) is 19.9 Å². The van der Waals surface area contributed by atoms with Crippen LogP contribution in [-0.2, 0) is 4.79 Å². The monoisotopic (exact) mass is 231 g/mol. The average Bonchev–Trinajstić information content (AvgIpc) is 2.40. The fourth-order valence-corrected chi connectivity index (χ4v) is 1.47. The van der Waals surface area contributed by atoms with Gasteiger partial charge in [-0.1, -0.05) is 25.8 Å². The van der Waals surface area contributed by atoms with Gasteiger partial charge in [0.15, 0.2) is 5.78 Å². The van der Waals surface area contributed by atoms with Gasteiger partial charge in [0.1, 0.15) is 6.07 Å². The number of terminal acetylenes is 1. The van der Waals surface area contributed by atoms with E-state index in [0.29, 0.717) is 12.8 Å². The SMILES string of the molecule is C#CC1(CCCO)C=CC(=O)C(C#N)=C1.CC. The molecule has 0 spiro atoms. The average molecular weight is 231 g/mol. The number of ketones is 1. The lowest BCUT2D eigenvalue weighted by Crippen LogP contribution is -2.19. The minimum absolute atomic E-state index is 0.0426. The zero-order valence-corrected chi connectivity index (χ0v) is 10.2. The zero-order valence-electron chi connectivity index (χ0n) is 10.2. The topological polar surface area (TPSA) is 61.1 Å². The van der Waals surface area contributed by atoms with Crippen molar-refractivity contribution in [3.8, 4) is 18.4 Å². The van der Waals surface area contributed by atoms with Gasteiger partial charge in [0, 0.05) is 6.61 Å². The molecule has 0 radical (unpaired) electrons. The van der Waals surface area contributed by atoms with E-state index in [-0.39, 0.29) is 18.0 Å². The molecule has 0 aromatic heterocycles. The number of nitriles is 1. The molecule has 0 fully saturated rings. The Morgan fingerprint density at radius 2 is 2.18 bits per heavy atom. The maximum atomic E-state index is 11.2. The summed E-state index contributed by atoms with van der Waals surface area (Å²) in [5.74, 6) is 2.25. The van der Waals surface area contributed by atoms with Crippen molar-refractivity contribution in [3.05, 3.63) is 23.8 Å². The Morgan fingerprint density at radius 3 is 2.65 bits per heavy atom. The highest BCUT2D eigenvalue weighted by atomic mass is 16.2. The van der Waals surface area contributed by atoms with Crippen molar-refractivity contribution in [2.45, 2.75) is 26.7 Å². The van der Waals surface area contributed by atoms with Crippen LogP contribution < -0.4 is 0 Å². The summed E-state index contributed by atoms with van der Waals surface area (Å²) in [7, 11) is 0. The van der Waals surface area contributed by atoms with E-state index in [1.54, 1.807) is 6.08 Å². The van der Waals surface area contributed by atoms with E-state index in [9.17, 15) is 4.79 Å². The predicted octanol–water partition coefficient (Wildman–Crippen LogP) is 1.99. The summed E-state index contributed by atoms with van der Waals surface area (Å²) in [6.45, 7) is 4.04. The molecule has 90 valence electrons. The Kier molecular flexibility index (Phi) is 6.63. The van der Waals surface area contributed by atoms with Crippen LogP contribution in [0.3, 0.4) is 0 Å². The Hall–Kier alpha value is -1.84. The second-order valence-electron chi connectivity index (χ2n) is 3.38. The van der Waals surface area contributed by atoms with Crippen LogP contribution >= 0.6 is 0 Å². The van der Waals surface area contributed by atoms with Crippen LogP contribution in [0.4, 0.5) is 0 Å². The van der Waals surface area contributed by atoms with Crippen molar-refractivity contribution in [1.29, 1.82) is 5.26 Å². The summed E-state index contributed by atoms with van der Waals surface area (Å²) in [5, 5.41) is 17.5. The van der Waals surface area contributed by atoms with Gasteiger partial charge < -0.3 is 5.11 Å². The van der Waals surface area contributed by atoms with Gasteiger partial charge in [0.05, 0.1) is 11.0 Å². The summed E-state index contributed by atoms with van der Waals surface area (Å²) in [6, 6.07) is 1.82. The fourth-order valence-electron chi connectivity index (χ4n) is 1.47. The molecule has 0 aromatic rings. The van der Waals surface area contributed by atoms with Crippen LogP contribution in [0, 0.1) is 29.1 Å². The van der Waals surface area contributed by atoms with Gasteiger partial charge in [-0.25, -0.2) is 0 Å². The lowest BCUT2D eigenvalue weighted by atomic mass is 9.78. The second-order valence-corrected chi connectivity index (χ2v) is 3.38. The highest BCUT2D eigenvalue weighted by Gasteiger charge is 2.27. The molecular weight excluding hydrogens is 214 g/mol. The van der Waals surface area contributed by atoms with Crippen molar-refractivity contribution in [3.63, 3.8) is 0 Å². The number of allylic oxidation sites excluding steroid dienone is 4. The van der Waals surface area contributed by atoms with Crippen molar-refractivity contribution in [1.82, 2.24) is 0 Å². The highest BCUT2D eigenvalue weighted by molar-refractivity contribution is 6.08. The molecule has 3 nitrogen and oxygen atoms in total. The van der Waals surface area contributed by atoms with E-state index in [0.717, 1.165) is 0 Å². The van der Waals surface area contributed by atoms with Crippen LogP contribution in [-0.4, -0.2) is 17.5 Å². The lowest BCUT2D eigenvalue weighted by molar-refractivity contribution is -0.111. The van der Waals surface area contributed by atoms with E-state index in [1.165, 1.54) is 12.2 Å². The number of carbonyl (C=O) groups excluding carboxylic acids is 1. The number of hydrogen-bond acceptors (Lipinski definition) is 3. The zero-order chi connectivity index (χ0) is 13.3. The summed E-state index contributed by atoms with van der Waals surface area (Å²) >= 11 is 0. The third kappa shape index (κ3) is 3.90. The molecule has 1 unspecified atom stereocenters. The molecular formula is C14H17NO2. The molecule has 0 saturated heterocycles. The first-order chi connectivity index (χ1) is 8.17. The van der Waals surface area contributed by atoms with Crippen molar-refractivity contribution >= 4 is 5.78 Å². The van der Waals surface area contributed by atoms with Gasteiger partial charge in [0.2, 0.25) is 0 Å². The number of rotatable bonds is 3. The Morgan fingerprint density at radius 1 is 1.53 bits per heavy atom. The van der Waals surface area contributed by atoms with E-state index in [2.05, 4.69) is 5.92 Å². The van der Waals surface area contributed by atoms with Gasteiger partial charge in [-0.05, 0) is 25.0 Å². The van der Waals surface area contributed by atoms with Crippen molar-refractivity contribution < 1.29 is 9.90 Å². The smallest absolute Gasteiger partial charge is 0.195 e. The Balaban J connectivity index is 0.00000121. The van der Waals surface area contributed by atoms with Crippen molar-refractivity contribution in [2.75, 3.05) is 6.61 Å². The van der Waals surface area contributed by atoms with Gasteiger partial charge in [0.25, 0.3) is 0 Å². The van der Waals surface area contributed by atoms with Crippen LogP contribution in [0.5, 0.6) is 0 Å². The molecule has 0 saturated carbocycles. The van der Waals surface area contributed by atoms with Gasteiger partial charge >= 0.3 is 0 Å². The molecule has 0 aromatic carbocycles. The number of aliphatic hydroxyl groups is 1. The number of aliphatic hydroxyl groups excluding tert-OH is 1. The first-order valence-corrected chi connectivity index (χ1v) is 5.62. The first-order valence-electron chi connectivity index (χ1n) is 5.62. The minimum atomic E-state index is -0.693. The molecule has 3 heteroatoms. The van der Waals surface area contributed by atoms with E-state index >= 15 is 0 Å². The molecule has 0 bridgehead atoms. The lowest BCUT2D eigenvalue weighted by Gasteiger charge is -2.23. The normalized spacial score (nSPS) is 21.7. The number of carbonyl (C=O) groups is 1. The molecule has 1 aliphatic carbocycles. The third-order valence-electron chi connectivity index (χ3n) is 2.34. The quantitative estimate of drug-likeness (QED) is 0.756. The summed E-state index contributed by atoms with van der Waals surface area (Å²) < 4.78 is 0. The third-order valence-corrected chi connectivity index (χ3v) is 2.34. The van der Waals surface area contributed by atoms with E-state index < -0.39 is 5.41 Å². The maximum absolute atomic E-state index is 11.2. The minimum Gasteiger partial charge on any atom is -0.396 e. The first kappa shape index (κ1) is 15.2. The summed E-state index contributed by atoms with van der Waals surface area (Å²) in [4.78, 5) is 11.2. The predicted molar refractivity (Wildman–Crippen MR) is 66.8 cm³/mol. The summed E-state index contributed by atoms with van der Waals surface area (Å²) in [6.07, 6.45) is 10.9. The Bertz CT molecular complexity index is 407. The van der Waals surface area contributed by atoms with Gasteiger partial charge in [-0.2, -0.15) is 5.26 Å². The molecule has 0 aliphatic heterocycles. The molecule has 0 amide bonds. The fraction of sp³-hybridized carbons (Fsp3) is 0.429. The standard InChI is InChI=1S/C12H11NO2.C2H6/c1-2-12(5-3-7-14)6-4-11(15)10(8-12)9-13;1-2/h1,4,6,8,14H,3,5,7H2;1-2H3. The van der Waals surface area contributed by atoms with Gasteiger partial charge in [-0.15, -0.1) is 6.42 Å². The van der Waals surface area contributed by atoms with Crippen LogP contribution in [0.2, 0.25) is 0 Å². The Labute approximate surface area is 102 Å². The second kappa shape index (κ2) is 7.44. The van der Waals surface area contributed by atoms with Gasteiger partial charge in [-0.3, -0.25) is 4.79 Å². The molecule has 1 N–H and O–H groups in total. The molecule has 1 aliphatic rings. The molecule has 0 heterocycles. The van der Waals surface area contributed by atoms with Crippen LogP contribution in [0.25, 0.3) is 0 Å². The van der Waals surface area contributed by atoms with Crippen LogP contribution in [0.15, 0.2) is 23.8 Å². The van der Waals surface area contributed by atoms with E-state index in [4.69, 9.17) is 16.8 Å². The van der Waals surface area contributed by atoms with Crippen molar-refractivity contribution in [2.24, 2.45) is 5.41 Å². The highest BCUT2D eigenvalue weighted by Crippen LogP contribution is 2.31. The molecule has 1 atom stereocenters. The summed E-state index contributed by atoms with van der Waals surface area (Å²) in [5.41, 5.74) is -0.616. The van der Waals surface area contributed by atoms with Crippen LogP contribution in [0.1, 0.15) is 26.7 Å². The number of hydrogen-bond donors (Lipinski definition) is 1.